The Bertz CT molecular complexity index is 402. The van der Waals surface area contributed by atoms with Crippen molar-refractivity contribution >= 4 is 17.8 Å². The predicted molar refractivity (Wildman–Crippen MR) is 64.6 cm³/mol. The molecule has 7 heteroatoms. The Kier molecular flexibility index (Phi) is 5.79. The average Bonchev–Trinajstić information content (AvgIpc) is 2.83. The van der Waals surface area contributed by atoms with E-state index in [1.54, 1.807) is 0 Å². The summed E-state index contributed by atoms with van der Waals surface area (Å²) in [5, 5.41) is 13.5. The van der Waals surface area contributed by atoms with Gasteiger partial charge in [0.25, 0.3) is 0 Å². The number of unbranched alkanes of at least 4 members (excludes halogenated alkanes) is 1. The maximum Gasteiger partial charge on any atom is 0.328 e. The first-order valence-electron chi connectivity index (χ1n) is 6.13. The molecule has 2 amide bonds. The van der Waals surface area contributed by atoms with Crippen molar-refractivity contribution in [1.82, 2.24) is 10.6 Å². The van der Waals surface area contributed by atoms with Gasteiger partial charge in [-0.25, -0.2) is 4.79 Å². The largest absolute Gasteiger partial charge is 0.467 e. The zero-order valence-corrected chi connectivity index (χ0v) is 10.8. The Balaban J connectivity index is 2.51. The summed E-state index contributed by atoms with van der Waals surface area (Å²) in [6, 6.07) is 0.610. The molecule has 1 aliphatic rings. The highest BCUT2D eigenvalue weighted by Crippen LogP contribution is 2.08. The molecule has 0 spiro atoms. The van der Waals surface area contributed by atoms with Crippen LogP contribution in [0.25, 0.3) is 0 Å². The number of methoxy groups -OCH3 is 1. The summed E-state index contributed by atoms with van der Waals surface area (Å²) in [5.41, 5.74) is 0. The number of nitrogens with one attached hydrogen (secondary N) is 2. The number of amides is 2. The molecule has 0 aromatic heterocycles. The number of ether oxygens (including phenoxy) is 1. The fraction of sp³-hybridized carbons (Fsp3) is 0.667. The number of hydrogen-bond donors (Lipinski definition) is 2. The molecule has 7 nitrogen and oxygen atoms in total. The second-order valence-corrected chi connectivity index (χ2v) is 4.29. The molecule has 1 aliphatic heterocycles. The molecule has 2 atom stereocenters. The van der Waals surface area contributed by atoms with E-state index in [1.807, 2.05) is 6.07 Å². The molecule has 0 aliphatic carbocycles. The molecule has 1 saturated heterocycles. The van der Waals surface area contributed by atoms with E-state index in [-0.39, 0.29) is 5.91 Å². The molecular formula is C12H17N3O4. The molecule has 19 heavy (non-hydrogen) atoms. The van der Waals surface area contributed by atoms with Crippen molar-refractivity contribution in [2.45, 2.75) is 44.2 Å². The minimum absolute atomic E-state index is 0.167. The van der Waals surface area contributed by atoms with Crippen molar-refractivity contribution < 1.29 is 19.1 Å². The van der Waals surface area contributed by atoms with E-state index < -0.39 is 24.0 Å². The number of esters is 1. The molecule has 2 N–H and O–H groups in total. The van der Waals surface area contributed by atoms with Crippen LogP contribution >= 0.6 is 0 Å². The third-order valence-electron chi connectivity index (χ3n) is 2.90. The van der Waals surface area contributed by atoms with E-state index >= 15 is 0 Å². The number of carbonyl (C=O) groups is 3. The Morgan fingerprint density at radius 1 is 1.63 bits per heavy atom. The fourth-order valence-corrected chi connectivity index (χ4v) is 1.86. The monoisotopic (exact) mass is 267 g/mol. The lowest BCUT2D eigenvalue weighted by Gasteiger charge is -2.18. The molecular weight excluding hydrogens is 250 g/mol. The van der Waals surface area contributed by atoms with Crippen molar-refractivity contribution in [1.29, 1.82) is 5.26 Å². The van der Waals surface area contributed by atoms with E-state index in [0.717, 1.165) is 0 Å². The number of nitriles is 1. The highest BCUT2D eigenvalue weighted by Gasteiger charge is 2.30. The van der Waals surface area contributed by atoms with Gasteiger partial charge in [-0.3, -0.25) is 9.59 Å². The average molecular weight is 267 g/mol. The van der Waals surface area contributed by atoms with Gasteiger partial charge in [0.05, 0.1) is 13.2 Å². The molecule has 1 fully saturated rings. The maximum absolute atomic E-state index is 11.9. The van der Waals surface area contributed by atoms with Gasteiger partial charge in [-0.2, -0.15) is 5.26 Å². The van der Waals surface area contributed by atoms with E-state index in [1.165, 1.54) is 7.11 Å². The summed E-state index contributed by atoms with van der Waals surface area (Å²) >= 11 is 0. The first-order valence-corrected chi connectivity index (χ1v) is 6.13. The van der Waals surface area contributed by atoms with Gasteiger partial charge in [0.1, 0.15) is 12.1 Å². The third-order valence-corrected chi connectivity index (χ3v) is 2.90. The predicted octanol–water partition coefficient (Wildman–Crippen LogP) is -0.383. The Labute approximate surface area is 111 Å². The van der Waals surface area contributed by atoms with E-state index in [2.05, 4.69) is 15.4 Å². The van der Waals surface area contributed by atoms with Crippen LogP contribution in [-0.2, 0) is 19.1 Å². The van der Waals surface area contributed by atoms with Gasteiger partial charge >= 0.3 is 5.97 Å². The standard InChI is InChI=1S/C12H17N3O4/c1-19-12(18)9(4-2-3-7-13)15-11(17)8-5-6-10(16)14-8/h8-9H,2-6H2,1H3,(H,14,16)(H,15,17)/t8-,9-/m0/s1. The molecule has 0 aromatic carbocycles. The Hall–Kier alpha value is -2.10. The van der Waals surface area contributed by atoms with Crippen molar-refractivity contribution in [2.24, 2.45) is 0 Å². The van der Waals surface area contributed by atoms with Crippen molar-refractivity contribution in [2.75, 3.05) is 7.11 Å². The maximum atomic E-state index is 11.9. The highest BCUT2D eigenvalue weighted by molar-refractivity contribution is 5.93. The quantitative estimate of drug-likeness (QED) is 0.503. The zero-order valence-electron chi connectivity index (χ0n) is 10.8. The lowest BCUT2D eigenvalue weighted by Crippen LogP contribution is -2.49. The summed E-state index contributed by atoms with van der Waals surface area (Å²) < 4.78 is 4.60. The van der Waals surface area contributed by atoms with Crippen LogP contribution < -0.4 is 10.6 Å². The number of hydrogen-bond acceptors (Lipinski definition) is 5. The lowest BCUT2D eigenvalue weighted by molar-refractivity contribution is -0.145. The summed E-state index contributed by atoms with van der Waals surface area (Å²) in [6.45, 7) is 0. The summed E-state index contributed by atoms with van der Waals surface area (Å²) in [6.07, 6.45) is 1.88. The van der Waals surface area contributed by atoms with Gasteiger partial charge in [-0.1, -0.05) is 0 Å². The lowest BCUT2D eigenvalue weighted by atomic mass is 10.1. The van der Waals surface area contributed by atoms with Crippen LogP contribution in [0.4, 0.5) is 0 Å². The molecule has 0 unspecified atom stereocenters. The van der Waals surface area contributed by atoms with Crippen LogP contribution in [0, 0.1) is 11.3 Å². The third kappa shape index (κ3) is 4.58. The first-order chi connectivity index (χ1) is 9.08. The van der Waals surface area contributed by atoms with Crippen LogP contribution in [0.3, 0.4) is 0 Å². The molecule has 1 rings (SSSR count). The summed E-state index contributed by atoms with van der Waals surface area (Å²) in [4.78, 5) is 34.4. The van der Waals surface area contributed by atoms with Crippen LogP contribution in [0.2, 0.25) is 0 Å². The normalized spacial score (nSPS) is 19.2. The van der Waals surface area contributed by atoms with E-state index in [4.69, 9.17) is 5.26 Å². The van der Waals surface area contributed by atoms with Crippen molar-refractivity contribution in [3.63, 3.8) is 0 Å². The molecule has 0 radical (unpaired) electrons. The zero-order chi connectivity index (χ0) is 14.3. The van der Waals surface area contributed by atoms with Crippen LogP contribution in [0.5, 0.6) is 0 Å². The van der Waals surface area contributed by atoms with Crippen LogP contribution in [-0.4, -0.2) is 37.0 Å². The second kappa shape index (κ2) is 7.36. The van der Waals surface area contributed by atoms with Gasteiger partial charge in [0.15, 0.2) is 0 Å². The van der Waals surface area contributed by atoms with Gasteiger partial charge in [0.2, 0.25) is 11.8 Å². The first kappa shape index (κ1) is 15.0. The van der Waals surface area contributed by atoms with Gasteiger partial charge in [-0.05, 0) is 19.3 Å². The van der Waals surface area contributed by atoms with Crippen LogP contribution in [0.1, 0.15) is 32.1 Å². The number of nitrogens with zero attached hydrogens (tertiary/aromatic N) is 1. The Morgan fingerprint density at radius 3 is 2.89 bits per heavy atom. The fourth-order valence-electron chi connectivity index (χ4n) is 1.86. The minimum Gasteiger partial charge on any atom is -0.467 e. The smallest absolute Gasteiger partial charge is 0.328 e. The summed E-state index contributed by atoms with van der Waals surface area (Å²) in [5.74, 6) is -1.10. The van der Waals surface area contributed by atoms with Gasteiger partial charge in [0, 0.05) is 12.8 Å². The van der Waals surface area contributed by atoms with E-state index in [0.29, 0.717) is 32.1 Å². The van der Waals surface area contributed by atoms with Gasteiger partial charge in [-0.15, -0.1) is 0 Å². The number of rotatable bonds is 6. The van der Waals surface area contributed by atoms with E-state index in [9.17, 15) is 14.4 Å². The topological polar surface area (TPSA) is 108 Å². The molecule has 0 bridgehead atoms. The number of carbonyl (C=O) groups excluding carboxylic acids is 3. The summed E-state index contributed by atoms with van der Waals surface area (Å²) in [7, 11) is 1.24. The molecule has 104 valence electrons. The molecule has 0 saturated carbocycles. The van der Waals surface area contributed by atoms with Gasteiger partial charge < -0.3 is 15.4 Å². The molecule has 0 aromatic rings. The minimum atomic E-state index is -0.775. The van der Waals surface area contributed by atoms with Crippen molar-refractivity contribution in [3.05, 3.63) is 0 Å². The SMILES string of the molecule is COC(=O)[C@H](CCCC#N)NC(=O)[C@@H]1CCC(=O)N1. The Morgan fingerprint density at radius 2 is 2.37 bits per heavy atom. The second-order valence-electron chi connectivity index (χ2n) is 4.29. The highest BCUT2D eigenvalue weighted by atomic mass is 16.5. The van der Waals surface area contributed by atoms with Crippen LogP contribution in [0.15, 0.2) is 0 Å². The van der Waals surface area contributed by atoms with Crippen molar-refractivity contribution in [3.8, 4) is 6.07 Å². The molecule has 1 heterocycles.